The van der Waals surface area contributed by atoms with Crippen molar-refractivity contribution in [2.24, 2.45) is 0 Å². The van der Waals surface area contributed by atoms with Crippen molar-refractivity contribution in [3.63, 3.8) is 0 Å². The van der Waals surface area contributed by atoms with Crippen molar-refractivity contribution in [1.82, 2.24) is 10.2 Å². The van der Waals surface area contributed by atoms with E-state index >= 15 is 0 Å². The van der Waals surface area contributed by atoms with Crippen LogP contribution >= 0.6 is 0 Å². The molecule has 0 atom stereocenters. The molecule has 1 N–H and O–H groups in total. The minimum Gasteiger partial charge on any atom is -0.309 e. The first kappa shape index (κ1) is 9.48. The van der Waals surface area contributed by atoms with E-state index in [1.54, 1.807) is 0 Å². The molecule has 0 heterocycles. The first-order chi connectivity index (χ1) is 4.77. The Bertz CT molecular complexity index is 102. The highest BCUT2D eigenvalue weighted by Crippen LogP contribution is 1.79. The lowest BCUT2D eigenvalue weighted by atomic mass is 10.4. The third-order valence-corrected chi connectivity index (χ3v) is 1.19. The van der Waals surface area contributed by atoms with E-state index in [1.807, 2.05) is 0 Å². The topological polar surface area (TPSA) is 15.3 Å². The molecule has 0 aromatic rings. The number of nitrogens with one attached hydrogen (secondary N) is 1. The molecule has 58 valence electrons. The zero-order valence-corrected chi connectivity index (χ0v) is 6.85. The molecule has 0 aliphatic heterocycles. The van der Waals surface area contributed by atoms with Crippen LogP contribution in [-0.4, -0.2) is 38.6 Å². The second kappa shape index (κ2) is 6.60. The fourth-order valence-electron chi connectivity index (χ4n) is 0.681. The molecule has 0 fully saturated rings. The third kappa shape index (κ3) is 7.48. The van der Waals surface area contributed by atoms with Crippen LogP contribution in [0.5, 0.6) is 0 Å². The molecule has 0 aromatic carbocycles. The molecule has 2 nitrogen and oxygen atoms in total. The molecule has 0 spiro atoms. The minimum atomic E-state index is 0.688. The van der Waals surface area contributed by atoms with Gasteiger partial charge in [0.25, 0.3) is 0 Å². The Labute approximate surface area is 63.6 Å². The van der Waals surface area contributed by atoms with Crippen LogP contribution in [0.2, 0.25) is 0 Å². The van der Waals surface area contributed by atoms with Crippen molar-refractivity contribution < 1.29 is 0 Å². The van der Waals surface area contributed by atoms with Gasteiger partial charge in [-0.25, -0.2) is 0 Å². The van der Waals surface area contributed by atoms with Crippen molar-refractivity contribution in [3.8, 4) is 12.3 Å². The Morgan fingerprint density at radius 3 is 2.70 bits per heavy atom. The van der Waals surface area contributed by atoms with Crippen molar-refractivity contribution in [2.75, 3.05) is 33.7 Å². The predicted molar refractivity (Wildman–Crippen MR) is 44.9 cm³/mol. The molecule has 0 saturated carbocycles. The number of rotatable bonds is 5. The molecular weight excluding hydrogens is 124 g/mol. The largest absolute Gasteiger partial charge is 0.309 e. The molecule has 0 saturated heterocycles. The van der Waals surface area contributed by atoms with Gasteiger partial charge in [0.05, 0.1) is 6.54 Å². The molecule has 0 aliphatic carbocycles. The average Bonchev–Trinajstić information content (AvgIpc) is 1.87. The molecule has 10 heavy (non-hydrogen) atoms. The Balaban J connectivity index is 2.86. The fraction of sp³-hybridized carbons (Fsp3) is 0.750. The molecule has 0 bridgehead atoms. The van der Waals surface area contributed by atoms with E-state index in [4.69, 9.17) is 6.42 Å². The van der Waals surface area contributed by atoms with Crippen LogP contribution in [0.15, 0.2) is 0 Å². The van der Waals surface area contributed by atoms with E-state index in [-0.39, 0.29) is 0 Å². The molecule has 0 unspecified atom stereocenters. The Morgan fingerprint density at radius 1 is 1.50 bits per heavy atom. The number of terminal acetylenes is 1. The van der Waals surface area contributed by atoms with Crippen molar-refractivity contribution >= 4 is 0 Å². The Hall–Kier alpha value is -0.520. The van der Waals surface area contributed by atoms with Crippen LogP contribution in [0.25, 0.3) is 0 Å². The summed E-state index contributed by atoms with van der Waals surface area (Å²) >= 11 is 0. The Kier molecular flexibility index (Phi) is 6.25. The van der Waals surface area contributed by atoms with Gasteiger partial charge in [-0.15, -0.1) is 6.42 Å². The van der Waals surface area contributed by atoms with Gasteiger partial charge in [-0.3, -0.25) is 0 Å². The van der Waals surface area contributed by atoms with E-state index in [2.05, 4.69) is 30.2 Å². The summed E-state index contributed by atoms with van der Waals surface area (Å²) in [7, 11) is 4.14. The maximum atomic E-state index is 5.05. The summed E-state index contributed by atoms with van der Waals surface area (Å²) < 4.78 is 0. The third-order valence-electron chi connectivity index (χ3n) is 1.19. The van der Waals surface area contributed by atoms with E-state index in [1.165, 1.54) is 0 Å². The second-order valence-electron chi connectivity index (χ2n) is 2.54. The van der Waals surface area contributed by atoms with Crippen LogP contribution in [-0.2, 0) is 0 Å². The quantitative estimate of drug-likeness (QED) is 0.432. The van der Waals surface area contributed by atoms with E-state index in [0.717, 1.165) is 19.5 Å². The Morgan fingerprint density at radius 2 is 2.20 bits per heavy atom. The zero-order chi connectivity index (χ0) is 7.82. The molecule has 0 radical (unpaired) electrons. The lowest BCUT2D eigenvalue weighted by molar-refractivity contribution is 0.396. The van der Waals surface area contributed by atoms with Crippen LogP contribution < -0.4 is 5.32 Å². The number of nitrogens with zero attached hydrogens (tertiary/aromatic N) is 1. The van der Waals surface area contributed by atoms with Crippen LogP contribution in [0, 0.1) is 12.3 Å². The summed E-state index contributed by atoms with van der Waals surface area (Å²) in [5.74, 6) is 2.53. The molecule has 0 amide bonds. The van der Waals surface area contributed by atoms with Gasteiger partial charge in [0, 0.05) is 0 Å². The SMILES string of the molecule is C#CCNCCCN(C)C. The van der Waals surface area contributed by atoms with Crippen molar-refractivity contribution in [1.29, 1.82) is 0 Å². The normalized spacial score (nSPS) is 9.80. The maximum absolute atomic E-state index is 5.05. The van der Waals surface area contributed by atoms with Crippen LogP contribution in [0.4, 0.5) is 0 Å². The molecule has 0 aromatic heterocycles. The predicted octanol–water partition coefficient (Wildman–Crippen LogP) is 0.161. The van der Waals surface area contributed by atoms with Gasteiger partial charge in [0.2, 0.25) is 0 Å². The van der Waals surface area contributed by atoms with Crippen LogP contribution in [0.1, 0.15) is 6.42 Å². The highest BCUT2D eigenvalue weighted by atomic mass is 15.0. The van der Waals surface area contributed by atoms with E-state index in [9.17, 15) is 0 Å². The number of hydrogen-bond donors (Lipinski definition) is 1. The van der Waals surface area contributed by atoms with Gasteiger partial charge >= 0.3 is 0 Å². The van der Waals surface area contributed by atoms with Gasteiger partial charge < -0.3 is 10.2 Å². The minimum absolute atomic E-state index is 0.688. The summed E-state index contributed by atoms with van der Waals surface area (Å²) in [6.45, 7) is 2.83. The van der Waals surface area contributed by atoms with Gasteiger partial charge in [-0.05, 0) is 33.6 Å². The van der Waals surface area contributed by atoms with Crippen molar-refractivity contribution in [2.45, 2.75) is 6.42 Å². The monoisotopic (exact) mass is 140 g/mol. The molecule has 0 aliphatic rings. The van der Waals surface area contributed by atoms with E-state index < -0.39 is 0 Å². The lowest BCUT2D eigenvalue weighted by Crippen LogP contribution is -2.21. The van der Waals surface area contributed by atoms with Gasteiger partial charge in [0.1, 0.15) is 0 Å². The number of hydrogen-bond acceptors (Lipinski definition) is 2. The summed E-state index contributed by atoms with van der Waals surface area (Å²) in [6.07, 6.45) is 6.21. The summed E-state index contributed by atoms with van der Waals surface area (Å²) in [6, 6.07) is 0. The standard InChI is InChI=1S/C8H16N2/c1-4-6-9-7-5-8-10(2)3/h1,9H,5-8H2,2-3H3. The van der Waals surface area contributed by atoms with Gasteiger partial charge in [-0.1, -0.05) is 5.92 Å². The fourth-order valence-corrected chi connectivity index (χ4v) is 0.681. The smallest absolute Gasteiger partial charge is 0.0573 e. The lowest BCUT2D eigenvalue weighted by Gasteiger charge is -2.08. The molecule has 2 heteroatoms. The first-order valence-electron chi connectivity index (χ1n) is 3.56. The second-order valence-corrected chi connectivity index (χ2v) is 2.54. The maximum Gasteiger partial charge on any atom is 0.0573 e. The molecule has 0 rings (SSSR count). The molecular formula is C8H16N2. The van der Waals surface area contributed by atoms with Gasteiger partial charge in [0.15, 0.2) is 0 Å². The summed E-state index contributed by atoms with van der Waals surface area (Å²) in [4.78, 5) is 2.16. The summed E-state index contributed by atoms with van der Waals surface area (Å²) in [5.41, 5.74) is 0. The average molecular weight is 140 g/mol. The first-order valence-corrected chi connectivity index (χ1v) is 3.56. The highest BCUT2D eigenvalue weighted by molar-refractivity contribution is 4.86. The summed E-state index contributed by atoms with van der Waals surface area (Å²) in [5, 5.41) is 3.13. The van der Waals surface area contributed by atoms with Crippen LogP contribution in [0.3, 0.4) is 0 Å². The van der Waals surface area contributed by atoms with Gasteiger partial charge in [-0.2, -0.15) is 0 Å². The van der Waals surface area contributed by atoms with E-state index in [0.29, 0.717) is 6.54 Å². The van der Waals surface area contributed by atoms with Crippen molar-refractivity contribution in [3.05, 3.63) is 0 Å². The zero-order valence-electron chi connectivity index (χ0n) is 6.85. The highest BCUT2D eigenvalue weighted by Gasteiger charge is 1.87.